The number of benzene rings is 2. The quantitative estimate of drug-likeness (QED) is 0.228. The molecule has 1 aliphatic heterocycles. The van der Waals surface area contributed by atoms with E-state index < -0.39 is 14.5 Å². The standard InChI is InChI=1S/C23H29IO4Si/c1-23(2,3)29(20-10-6-4-7-11-20,21-12-8-5-9-13-21)26-15-14-18-16-19(17-24)28-22(25)27-18/h4-13,18-19H,14-17H2,1-3H3/t18-,19-/m0/s1. The molecule has 0 aromatic heterocycles. The lowest BCUT2D eigenvalue weighted by Crippen LogP contribution is -2.66. The van der Waals surface area contributed by atoms with Gasteiger partial charge in [0.2, 0.25) is 0 Å². The van der Waals surface area contributed by atoms with Crippen molar-refractivity contribution in [2.45, 2.75) is 50.9 Å². The van der Waals surface area contributed by atoms with E-state index in [9.17, 15) is 4.79 Å². The molecule has 29 heavy (non-hydrogen) atoms. The van der Waals surface area contributed by atoms with E-state index in [-0.39, 0.29) is 17.2 Å². The van der Waals surface area contributed by atoms with Crippen LogP contribution in [0.5, 0.6) is 0 Å². The van der Waals surface area contributed by atoms with Gasteiger partial charge in [-0.1, -0.05) is 104 Å². The molecule has 4 nitrogen and oxygen atoms in total. The minimum absolute atomic E-state index is 0.0627. The first-order valence-corrected chi connectivity index (χ1v) is 13.5. The molecule has 2 aromatic carbocycles. The molecule has 6 heteroatoms. The second kappa shape index (κ2) is 9.62. The van der Waals surface area contributed by atoms with Crippen LogP contribution >= 0.6 is 22.6 Å². The van der Waals surface area contributed by atoms with E-state index in [0.717, 1.165) is 10.8 Å². The molecule has 1 fully saturated rings. The summed E-state index contributed by atoms with van der Waals surface area (Å²) in [6, 6.07) is 21.2. The van der Waals surface area contributed by atoms with E-state index in [1.165, 1.54) is 10.4 Å². The molecule has 1 saturated heterocycles. The topological polar surface area (TPSA) is 44.8 Å². The van der Waals surface area contributed by atoms with Gasteiger partial charge in [-0.2, -0.15) is 0 Å². The van der Waals surface area contributed by atoms with Crippen molar-refractivity contribution >= 4 is 47.4 Å². The van der Waals surface area contributed by atoms with Crippen molar-refractivity contribution in [2.24, 2.45) is 0 Å². The predicted molar refractivity (Wildman–Crippen MR) is 127 cm³/mol. The van der Waals surface area contributed by atoms with Crippen LogP contribution in [0.1, 0.15) is 33.6 Å². The molecule has 2 aromatic rings. The summed E-state index contributed by atoms with van der Waals surface area (Å²) < 4.78 is 18.3. The number of carbonyl (C=O) groups excluding carboxylic acids is 1. The van der Waals surface area contributed by atoms with Crippen LogP contribution in [0.2, 0.25) is 5.04 Å². The Morgan fingerprint density at radius 3 is 1.97 bits per heavy atom. The van der Waals surface area contributed by atoms with Crippen LogP contribution in [-0.4, -0.2) is 37.7 Å². The first-order valence-electron chi connectivity index (χ1n) is 10.0. The zero-order valence-corrected chi connectivity index (χ0v) is 20.4. The van der Waals surface area contributed by atoms with Crippen LogP contribution in [-0.2, 0) is 13.9 Å². The smallest absolute Gasteiger partial charge is 0.431 e. The fourth-order valence-electron chi connectivity index (χ4n) is 4.07. The fourth-order valence-corrected chi connectivity index (χ4v) is 9.18. The van der Waals surface area contributed by atoms with Gasteiger partial charge in [0.05, 0.1) is 0 Å². The number of hydrogen-bond acceptors (Lipinski definition) is 4. The third kappa shape index (κ3) is 5.03. The highest BCUT2D eigenvalue weighted by Crippen LogP contribution is 2.37. The molecule has 2 atom stereocenters. The van der Waals surface area contributed by atoms with Gasteiger partial charge in [0.25, 0.3) is 8.32 Å². The second-order valence-electron chi connectivity index (χ2n) is 8.42. The van der Waals surface area contributed by atoms with Gasteiger partial charge in [0.1, 0.15) is 12.2 Å². The molecule has 3 rings (SSSR count). The number of rotatable bonds is 7. The Morgan fingerprint density at radius 1 is 0.966 bits per heavy atom. The van der Waals surface area contributed by atoms with Crippen LogP contribution in [0.4, 0.5) is 4.79 Å². The maximum absolute atomic E-state index is 11.7. The van der Waals surface area contributed by atoms with Gasteiger partial charge in [-0.25, -0.2) is 4.79 Å². The van der Waals surface area contributed by atoms with Gasteiger partial charge in [-0.3, -0.25) is 0 Å². The van der Waals surface area contributed by atoms with Crippen molar-refractivity contribution in [1.82, 2.24) is 0 Å². The first-order chi connectivity index (χ1) is 13.9. The van der Waals surface area contributed by atoms with Gasteiger partial charge in [-0.05, 0) is 15.4 Å². The summed E-state index contributed by atoms with van der Waals surface area (Å²) in [5.74, 6) is 0. The highest BCUT2D eigenvalue weighted by Gasteiger charge is 2.50. The van der Waals surface area contributed by atoms with Gasteiger partial charge >= 0.3 is 6.16 Å². The Bertz CT molecular complexity index is 752. The van der Waals surface area contributed by atoms with Crippen molar-refractivity contribution in [1.29, 1.82) is 0 Å². The summed E-state index contributed by atoms with van der Waals surface area (Å²) in [7, 11) is -2.55. The summed E-state index contributed by atoms with van der Waals surface area (Å²) in [6.07, 6.45) is 0.600. The van der Waals surface area contributed by atoms with Gasteiger partial charge in [-0.15, -0.1) is 0 Å². The highest BCUT2D eigenvalue weighted by atomic mass is 127. The van der Waals surface area contributed by atoms with E-state index >= 15 is 0 Å². The summed E-state index contributed by atoms with van der Waals surface area (Å²) in [5, 5.41) is 2.45. The molecule has 1 aliphatic rings. The molecule has 0 aliphatic carbocycles. The summed E-state index contributed by atoms with van der Waals surface area (Å²) >= 11 is 2.25. The lowest BCUT2D eigenvalue weighted by Gasteiger charge is -2.43. The number of carbonyl (C=O) groups is 1. The van der Waals surface area contributed by atoms with Crippen molar-refractivity contribution in [3.05, 3.63) is 60.7 Å². The third-order valence-corrected chi connectivity index (χ3v) is 11.4. The molecular formula is C23H29IO4Si. The van der Waals surface area contributed by atoms with Gasteiger partial charge in [0.15, 0.2) is 0 Å². The SMILES string of the molecule is CC(C)(C)[Si](OCC[C@H]1C[C@@H](CI)OC(=O)O1)(c1ccccc1)c1ccccc1. The lowest BCUT2D eigenvalue weighted by atomic mass is 10.1. The number of cyclic esters (lactones) is 2. The van der Waals surface area contributed by atoms with Crippen molar-refractivity contribution in [2.75, 3.05) is 11.0 Å². The fraction of sp³-hybridized carbons (Fsp3) is 0.435. The predicted octanol–water partition coefficient (Wildman–Crippen LogP) is 4.68. The minimum atomic E-state index is -2.55. The zero-order valence-electron chi connectivity index (χ0n) is 17.3. The molecule has 0 spiro atoms. The number of alkyl halides is 1. The maximum atomic E-state index is 11.7. The number of hydrogen-bond donors (Lipinski definition) is 0. The van der Waals surface area contributed by atoms with E-state index in [1.807, 2.05) is 12.1 Å². The molecule has 0 N–H and O–H groups in total. The van der Waals surface area contributed by atoms with E-state index in [4.69, 9.17) is 13.9 Å². The Morgan fingerprint density at radius 2 is 1.48 bits per heavy atom. The Hall–Kier alpha value is -1.38. The Balaban J connectivity index is 1.87. The second-order valence-corrected chi connectivity index (χ2v) is 13.6. The molecule has 1 heterocycles. The van der Waals surface area contributed by atoms with E-state index in [2.05, 4.69) is 91.9 Å². The van der Waals surface area contributed by atoms with E-state index in [1.54, 1.807) is 0 Å². The molecule has 0 saturated carbocycles. The van der Waals surface area contributed by atoms with Crippen molar-refractivity contribution in [3.8, 4) is 0 Å². The average Bonchev–Trinajstić information content (AvgIpc) is 2.71. The first kappa shape index (κ1) is 22.3. The van der Waals surface area contributed by atoms with Gasteiger partial charge in [0, 0.05) is 23.9 Å². The number of halogens is 1. The largest absolute Gasteiger partial charge is 0.508 e. The minimum Gasteiger partial charge on any atom is -0.431 e. The molecule has 156 valence electrons. The Kier molecular flexibility index (Phi) is 7.40. The summed E-state index contributed by atoms with van der Waals surface area (Å²) in [5.41, 5.74) is 0. The van der Waals surface area contributed by atoms with Crippen LogP contribution in [0.3, 0.4) is 0 Å². The molecule has 0 bridgehead atoms. The normalized spacial score (nSPS) is 20.1. The van der Waals surface area contributed by atoms with E-state index in [0.29, 0.717) is 13.0 Å². The van der Waals surface area contributed by atoms with Crippen LogP contribution < -0.4 is 10.4 Å². The molecular weight excluding hydrogens is 495 g/mol. The van der Waals surface area contributed by atoms with Crippen molar-refractivity contribution in [3.63, 3.8) is 0 Å². The third-order valence-electron chi connectivity index (χ3n) is 5.40. The summed E-state index contributed by atoms with van der Waals surface area (Å²) in [6.45, 7) is 7.33. The van der Waals surface area contributed by atoms with Crippen molar-refractivity contribution < 1.29 is 18.7 Å². The van der Waals surface area contributed by atoms with Crippen LogP contribution in [0.15, 0.2) is 60.7 Å². The zero-order chi connectivity index (χ0) is 20.9. The number of ether oxygens (including phenoxy) is 2. The lowest BCUT2D eigenvalue weighted by molar-refractivity contribution is -0.0565. The van der Waals surface area contributed by atoms with Crippen LogP contribution in [0.25, 0.3) is 0 Å². The Labute approximate surface area is 188 Å². The highest BCUT2D eigenvalue weighted by molar-refractivity contribution is 14.1. The monoisotopic (exact) mass is 524 g/mol. The summed E-state index contributed by atoms with van der Waals surface area (Å²) in [4.78, 5) is 11.7. The molecule has 0 unspecified atom stereocenters. The maximum Gasteiger partial charge on any atom is 0.508 e. The van der Waals surface area contributed by atoms with Crippen LogP contribution in [0, 0.1) is 0 Å². The average molecular weight is 524 g/mol. The van der Waals surface area contributed by atoms with Gasteiger partial charge < -0.3 is 13.9 Å². The molecule has 0 radical (unpaired) electrons. The molecule has 0 amide bonds.